The molecular formula is C18H27F2IN4O2. The quantitative estimate of drug-likeness (QED) is 0.346. The molecule has 1 amide bonds. The molecular weight excluding hydrogens is 469 g/mol. The highest BCUT2D eigenvalue weighted by atomic mass is 127. The number of aliphatic imine (C=N–C) groups is 1. The molecule has 0 spiro atoms. The zero-order valence-corrected chi connectivity index (χ0v) is 17.9. The third kappa shape index (κ3) is 7.86. The van der Waals surface area contributed by atoms with E-state index in [4.69, 9.17) is 4.74 Å². The predicted molar refractivity (Wildman–Crippen MR) is 112 cm³/mol. The number of carbonyl (C=O) groups excluding carboxylic acids is 1. The van der Waals surface area contributed by atoms with Crippen LogP contribution in [0.25, 0.3) is 0 Å². The van der Waals surface area contributed by atoms with Crippen LogP contribution in [-0.4, -0.2) is 56.0 Å². The fourth-order valence-electron chi connectivity index (χ4n) is 2.81. The molecule has 2 N–H and O–H groups in total. The van der Waals surface area contributed by atoms with Crippen molar-refractivity contribution < 1.29 is 18.3 Å². The molecule has 1 aliphatic heterocycles. The SMILES string of the molecule is CCC(=O)N1CCC(NC(=NC)NCc2cccc(OCC(F)F)c2)C1.I. The van der Waals surface area contributed by atoms with E-state index >= 15 is 0 Å². The Balaban J connectivity index is 0.00000364. The van der Waals surface area contributed by atoms with Gasteiger partial charge in [-0.15, -0.1) is 24.0 Å². The van der Waals surface area contributed by atoms with Crippen molar-refractivity contribution in [1.82, 2.24) is 15.5 Å². The van der Waals surface area contributed by atoms with Gasteiger partial charge in [-0.3, -0.25) is 9.79 Å². The summed E-state index contributed by atoms with van der Waals surface area (Å²) < 4.78 is 29.5. The first-order valence-electron chi connectivity index (χ1n) is 8.76. The summed E-state index contributed by atoms with van der Waals surface area (Å²) in [6, 6.07) is 7.18. The van der Waals surface area contributed by atoms with Gasteiger partial charge in [0.15, 0.2) is 5.96 Å². The Hall–Kier alpha value is -1.65. The number of likely N-dealkylation sites (tertiary alicyclic amines) is 1. The lowest BCUT2D eigenvalue weighted by atomic mass is 10.2. The van der Waals surface area contributed by atoms with Crippen molar-refractivity contribution in [3.8, 4) is 5.75 Å². The molecule has 0 saturated carbocycles. The summed E-state index contributed by atoms with van der Waals surface area (Å²) in [6.07, 6.45) is -1.10. The molecule has 1 atom stereocenters. The van der Waals surface area contributed by atoms with Gasteiger partial charge >= 0.3 is 0 Å². The molecule has 1 saturated heterocycles. The van der Waals surface area contributed by atoms with Crippen LogP contribution in [0, 0.1) is 0 Å². The maximum atomic E-state index is 12.2. The zero-order valence-electron chi connectivity index (χ0n) is 15.6. The number of hydrogen-bond donors (Lipinski definition) is 2. The zero-order chi connectivity index (χ0) is 18.9. The van der Waals surface area contributed by atoms with Gasteiger partial charge < -0.3 is 20.3 Å². The van der Waals surface area contributed by atoms with E-state index < -0.39 is 13.0 Å². The molecule has 6 nitrogen and oxygen atoms in total. The van der Waals surface area contributed by atoms with Crippen LogP contribution in [0.1, 0.15) is 25.3 Å². The first kappa shape index (κ1) is 23.4. The minimum Gasteiger partial charge on any atom is -0.488 e. The number of nitrogens with zero attached hydrogens (tertiary/aromatic N) is 2. The smallest absolute Gasteiger partial charge is 0.272 e. The molecule has 0 aliphatic carbocycles. The van der Waals surface area contributed by atoms with Gasteiger partial charge in [0.25, 0.3) is 6.43 Å². The van der Waals surface area contributed by atoms with E-state index in [-0.39, 0.29) is 35.9 Å². The number of nitrogens with one attached hydrogen (secondary N) is 2. The van der Waals surface area contributed by atoms with Crippen LogP contribution in [0.3, 0.4) is 0 Å². The van der Waals surface area contributed by atoms with Gasteiger partial charge in [0.05, 0.1) is 0 Å². The summed E-state index contributed by atoms with van der Waals surface area (Å²) in [4.78, 5) is 17.8. The van der Waals surface area contributed by atoms with Crippen LogP contribution in [0.4, 0.5) is 8.78 Å². The molecule has 1 fully saturated rings. The molecule has 1 aromatic rings. The van der Waals surface area contributed by atoms with Gasteiger partial charge in [-0.25, -0.2) is 8.78 Å². The number of hydrogen-bond acceptors (Lipinski definition) is 3. The number of ether oxygens (including phenoxy) is 1. The average Bonchev–Trinajstić information content (AvgIpc) is 3.11. The van der Waals surface area contributed by atoms with Crippen LogP contribution in [-0.2, 0) is 11.3 Å². The van der Waals surface area contributed by atoms with Crippen molar-refractivity contribution in [1.29, 1.82) is 0 Å². The van der Waals surface area contributed by atoms with Gasteiger partial charge in [-0.2, -0.15) is 0 Å². The third-order valence-corrected chi connectivity index (χ3v) is 4.14. The summed E-state index contributed by atoms with van der Waals surface area (Å²) in [5.41, 5.74) is 0.897. The second kappa shape index (κ2) is 11.9. The van der Waals surface area contributed by atoms with Crippen LogP contribution < -0.4 is 15.4 Å². The van der Waals surface area contributed by atoms with Crippen LogP contribution in [0.15, 0.2) is 29.3 Å². The maximum absolute atomic E-state index is 12.2. The van der Waals surface area contributed by atoms with Crippen molar-refractivity contribution in [2.75, 3.05) is 26.7 Å². The minimum atomic E-state index is -2.50. The fourth-order valence-corrected chi connectivity index (χ4v) is 2.81. The van der Waals surface area contributed by atoms with Gasteiger partial charge in [0.2, 0.25) is 5.91 Å². The summed E-state index contributed by atoms with van der Waals surface area (Å²) >= 11 is 0. The molecule has 9 heteroatoms. The molecule has 27 heavy (non-hydrogen) atoms. The highest BCUT2D eigenvalue weighted by molar-refractivity contribution is 14.0. The Bertz CT molecular complexity index is 631. The summed E-state index contributed by atoms with van der Waals surface area (Å²) in [7, 11) is 1.68. The lowest BCUT2D eigenvalue weighted by Crippen LogP contribution is -2.44. The topological polar surface area (TPSA) is 66.0 Å². The fraction of sp³-hybridized carbons (Fsp3) is 0.556. The Morgan fingerprint density at radius 3 is 2.89 bits per heavy atom. The van der Waals surface area contributed by atoms with Crippen molar-refractivity contribution in [2.45, 2.75) is 38.8 Å². The predicted octanol–water partition coefficient (Wildman–Crippen LogP) is 2.62. The van der Waals surface area contributed by atoms with Crippen molar-refractivity contribution >= 4 is 35.8 Å². The molecule has 1 heterocycles. The molecule has 1 unspecified atom stereocenters. The van der Waals surface area contributed by atoms with Gasteiger partial charge in [-0.05, 0) is 24.1 Å². The molecule has 152 valence electrons. The Morgan fingerprint density at radius 2 is 2.22 bits per heavy atom. The molecule has 1 aromatic carbocycles. The molecule has 0 aromatic heterocycles. The van der Waals surface area contributed by atoms with E-state index in [0.29, 0.717) is 31.2 Å². The molecule has 1 aliphatic rings. The normalized spacial score (nSPS) is 16.9. The second-order valence-corrected chi connectivity index (χ2v) is 6.10. The van der Waals surface area contributed by atoms with E-state index in [2.05, 4.69) is 15.6 Å². The highest BCUT2D eigenvalue weighted by Gasteiger charge is 2.25. The Kier molecular flexibility index (Phi) is 10.3. The monoisotopic (exact) mass is 496 g/mol. The Labute approximate surface area is 175 Å². The van der Waals surface area contributed by atoms with E-state index in [9.17, 15) is 13.6 Å². The number of benzene rings is 1. The number of guanidine groups is 1. The Morgan fingerprint density at radius 1 is 1.44 bits per heavy atom. The molecule has 0 radical (unpaired) electrons. The third-order valence-electron chi connectivity index (χ3n) is 4.14. The average molecular weight is 496 g/mol. The molecule has 2 rings (SSSR count). The summed E-state index contributed by atoms with van der Waals surface area (Å²) in [5, 5.41) is 6.51. The number of amides is 1. The standard InChI is InChI=1S/C18H26F2N4O2.HI/c1-3-17(25)24-8-7-14(11-24)23-18(21-2)22-10-13-5-4-6-15(9-13)26-12-16(19)20;/h4-6,9,14,16H,3,7-8,10-12H2,1-2H3,(H2,21,22,23);1H. The lowest BCUT2D eigenvalue weighted by Gasteiger charge is -2.19. The van der Waals surface area contributed by atoms with Crippen LogP contribution >= 0.6 is 24.0 Å². The maximum Gasteiger partial charge on any atom is 0.272 e. The van der Waals surface area contributed by atoms with Crippen LogP contribution in [0.2, 0.25) is 0 Å². The van der Waals surface area contributed by atoms with Gasteiger partial charge in [-0.1, -0.05) is 19.1 Å². The van der Waals surface area contributed by atoms with Crippen molar-refractivity contribution in [2.24, 2.45) is 4.99 Å². The van der Waals surface area contributed by atoms with E-state index in [0.717, 1.165) is 18.5 Å². The largest absolute Gasteiger partial charge is 0.488 e. The van der Waals surface area contributed by atoms with Gasteiger partial charge in [0, 0.05) is 39.1 Å². The summed E-state index contributed by atoms with van der Waals surface area (Å²) in [5.74, 6) is 1.22. The van der Waals surface area contributed by atoms with E-state index in [1.54, 1.807) is 25.2 Å². The first-order chi connectivity index (χ1) is 12.5. The highest BCUT2D eigenvalue weighted by Crippen LogP contribution is 2.14. The van der Waals surface area contributed by atoms with Crippen molar-refractivity contribution in [3.05, 3.63) is 29.8 Å². The number of alkyl halides is 2. The van der Waals surface area contributed by atoms with E-state index in [1.165, 1.54) is 0 Å². The van der Waals surface area contributed by atoms with Crippen molar-refractivity contribution in [3.63, 3.8) is 0 Å². The lowest BCUT2D eigenvalue weighted by molar-refractivity contribution is -0.129. The van der Waals surface area contributed by atoms with Crippen LogP contribution in [0.5, 0.6) is 5.75 Å². The number of carbonyl (C=O) groups is 1. The minimum absolute atomic E-state index is 0. The number of halogens is 3. The van der Waals surface area contributed by atoms with E-state index in [1.807, 2.05) is 17.9 Å². The summed E-state index contributed by atoms with van der Waals surface area (Å²) in [6.45, 7) is 3.16. The first-order valence-corrected chi connectivity index (χ1v) is 8.76. The second-order valence-electron chi connectivity index (χ2n) is 6.10. The number of rotatable bonds is 7. The van der Waals surface area contributed by atoms with Gasteiger partial charge in [0.1, 0.15) is 12.4 Å². The molecule has 0 bridgehead atoms.